The Morgan fingerprint density at radius 2 is 1.89 bits per heavy atom. The lowest BCUT2D eigenvalue weighted by Gasteiger charge is -2.19. The van der Waals surface area contributed by atoms with Gasteiger partial charge in [-0.2, -0.15) is 0 Å². The summed E-state index contributed by atoms with van der Waals surface area (Å²) in [7, 11) is 0. The number of tetrazole rings is 1. The Balaban J connectivity index is 1.73. The third-order valence-corrected chi connectivity index (χ3v) is 4.32. The largest absolute Gasteiger partial charge is 0.352 e. The minimum atomic E-state index is -0.659. The highest BCUT2D eigenvalue weighted by Crippen LogP contribution is 2.16. The predicted octanol–water partition coefficient (Wildman–Crippen LogP) is 1.72. The number of aryl methyl sites for hydroxylation is 1. The lowest BCUT2D eigenvalue weighted by Crippen LogP contribution is -2.38. The first-order valence-electron chi connectivity index (χ1n) is 8.61. The van der Waals surface area contributed by atoms with Crippen molar-refractivity contribution < 1.29 is 9.18 Å². The molecule has 27 heavy (non-hydrogen) atoms. The van der Waals surface area contributed by atoms with Crippen molar-refractivity contribution in [1.82, 2.24) is 25.5 Å². The summed E-state index contributed by atoms with van der Waals surface area (Å²) in [5.41, 5.74) is 7.90. The molecule has 0 fully saturated rings. The van der Waals surface area contributed by atoms with Crippen LogP contribution in [0.4, 0.5) is 4.39 Å². The SMILES string of the molecule is Cc1nnnn1C(Cc1ccc(F)cc1)C(=O)NCC(N)c1ccccc1. The van der Waals surface area contributed by atoms with Crippen molar-refractivity contribution >= 4 is 5.91 Å². The number of nitrogens with zero attached hydrogens (tertiary/aromatic N) is 4. The molecule has 0 saturated carbocycles. The summed E-state index contributed by atoms with van der Waals surface area (Å²) in [5, 5.41) is 14.3. The number of carbonyl (C=O) groups is 1. The Bertz CT molecular complexity index is 881. The van der Waals surface area contributed by atoms with Crippen LogP contribution in [-0.2, 0) is 11.2 Å². The van der Waals surface area contributed by atoms with Gasteiger partial charge in [-0.25, -0.2) is 9.07 Å². The molecule has 0 radical (unpaired) electrons. The number of hydrogen-bond acceptors (Lipinski definition) is 5. The lowest BCUT2D eigenvalue weighted by atomic mass is 10.0. The number of benzene rings is 2. The Hall–Kier alpha value is -3.13. The Morgan fingerprint density at radius 1 is 1.19 bits per heavy atom. The molecule has 1 amide bonds. The molecule has 0 bridgehead atoms. The third kappa shape index (κ3) is 4.73. The van der Waals surface area contributed by atoms with E-state index in [1.807, 2.05) is 30.3 Å². The van der Waals surface area contributed by atoms with Crippen LogP contribution in [0.25, 0.3) is 0 Å². The van der Waals surface area contributed by atoms with E-state index in [-0.39, 0.29) is 24.3 Å². The van der Waals surface area contributed by atoms with Gasteiger partial charge in [0.1, 0.15) is 17.7 Å². The average molecular weight is 368 g/mol. The number of aromatic nitrogens is 4. The average Bonchev–Trinajstić information content (AvgIpc) is 3.11. The smallest absolute Gasteiger partial charge is 0.245 e. The van der Waals surface area contributed by atoms with E-state index in [0.29, 0.717) is 12.2 Å². The molecule has 2 aromatic carbocycles. The van der Waals surface area contributed by atoms with Crippen molar-refractivity contribution in [1.29, 1.82) is 0 Å². The van der Waals surface area contributed by atoms with Crippen LogP contribution < -0.4 is 11.1 Å². The Kier molecular flexibility index (Phi) is 5.87. The van der Waals surface area contributed by atoms with Crippen LogP contribution in [0.3, 0.4) is 0 Å². The molecule has 140 valence electrons. The molecule has 7 nitrogen and oxygen atoms in total. The maximum absolute atomic E-state index is 13.2. The van der Waals surface area contributed by atoms with E-state index >= 15 is 0 Å². The number of halogens is 1. The topological polar surface area (TPSA) is 98.7 Å². The van der Waals surface area contributed by atoms with E-state index in [4.69, 9.17) is 5.73 Å². The molecule has 0 aliphatic heterocycles. The summed E-state index contributed by atoms with van der Waals surface area (Å²) in [6.45, 7) is 2.00. The van der Waals surface area contributed by atoms with Gasteiger partial charge in [0.2, 0.25) is 5.91 Å². The number of rotatable bonds is 7. The Labute approximate surface area is 156 Å². The van der Waals surface area contributed by atoms with Gasteiger partial charge >= 0.3 is 0 Å². The second-order valence-electron chi connectivity index (χ2n) is 6.28. The number of hydrogen-bond donors (Lipinski definition) is 2. The Morgan fingerprint density at radius 3 is 2.52 bits per heavy atom. The minimum Gasteiger partial charge on any atom is -0.352 e. The molecule has 2 unspecified atom stereocenters. The highest BCUT2D eigenvalue weighted by atomic mass is 19.1. The summed E-state index contributed by atoms with van der Waals surface area (Å²) in [6.07, 6.45) is 0.332. The molecular formula is C19H21FN6O. The van der Waals surface area contributed by atoms with Crippen LogP contribution in [0.2, 0.25) is 0 Å². The highest BCUT2D eigenvalue weighted by molar-refractivity contribution is 5.80. The van der Waals surface area contributed by atoms with E-state index < -0.39 is 6.04 Å². The van der Waals surface area contributed by atoms with Gasteiger partial charge in [-0.15, -0.1) is 5.10 Å². The zero-order chi connectivity index (χ0) is 19.2. The van der Waals surface area contributed by atoms with Crippen LogP contribution in [-0.4, -0.2) is 32.7 Å². The number of nitrogens with one attached hydrogen (secondary N) is 1. The predicted molar refractivity (Wildman–Crippen MR) is 98.1 cm³/mol. The molecule has 1 aromatic heterocycles. The van der Waals surface area contributed by atoms with Gasteiger partial charge in [0, 0.05) is 19.0 Å². The van der Waals surface area contributed by atoms with E-state index in [9.17, 15) is 9.18 Å². The fourth-order valence-corrected chi connectivity index (χ4v) is 2.81. The second-order valence-corrected chi connectivity index (χ2v) is 6.28. The van der Waals surface area contributed by atoms with Crippen LogP contribution in [0.15, 0.2) is 54.6 Å². The first kappa shape index (κ1) is 18.7. The second kappa shape index (κ2) is 8.50. The quantitative estimate of drug-likeness (QED) is 0.662. The first-order valence-corrected chi connectivity index (χ1v) is 8.61. The van der Waals surface area contributed by atoms with Crippen molar-refractivity contribution in [2.75, 3.05) is 6.54 Å². The third-order valence-electron chi connectivity index (χ3n) is 4.32. The molecule has 3 aromatic rings. The summed E-state index contributed by atoms with van der Waals surface area (Å²) in [4.78, 5) is 12.8. The molecule has 0 spiro atoms. The zero-order valence-electron chi connectivity index (χ0n) is 14.9. The van der Waals surface area contributed by atoms with E-state index in [0.717, 1.165) is 11.1 Å². The van der Waals surface area contributed by atoms with Crippen molar-refractivity contribution in [2.45, 2.75) is 25.4 Å². The highest BCUT2D eigenvalue weighted by Gasteiger charge is 2.24. The lowest BCUT2D eigenvalue weighted by molar-refractivity contribution is -0.124. The van der Waals surface area contributed by atoms with Gasteiger partial charge in [0.25, 0.3) is 0 Å². The monoisotopic (exact) mass is 368 g/mol. The normalized spacial score (nSPS) is 13.1. The molecule has 0 aliphatic rings. The molecule has 0 aliphatic carbocycles. The van der Waals surface area contributed by atoms with E-state index in [1.165, 1.54) is 16.8 Å². The summed E-state index contributed by atoms with van der Waals surface area (Å²) >= 11 is 0. The maximum Gasteiger partial charge on any atom is 0.245 e. The van der Waals surface area contributed by atoms with Crippen molar-refractivity contribution in [3.8, 4) is 0 Å². The van der Waals surface area contributed by atoms with Crippen molar-refractivity contribution in [2.24, 2.45) is 5.73 Å². The molecule has 3 N–H and O–H groups in total. The minimum absolute atomic E-state index is 0.249. The van der Waals surface area contributed by atoms with E-state index in [1.54, 1.807) is 19.1 Å². The first-order chi connectivity index (χ1) is 13.0. The van der Waals surface area contributed by atoms with Gasteiger partial charge in [0.05, 0.1) is 0 Å². The van der Waals surface area contributed by atoms with E-state index in [2.05, 4.69) is 20.8 Å². The number of amides is 1. The molecule has 1 heterocycles. The van der Waals surface area contributed by atoms with Crippen LogP contribution >= 0.6 is 0 Å². The summed E-state index contributed by atoms with van der Waals surface area (Å²) < 4.78 is 14.6. The van der Waals surface area contributed by atoms with Crippen molar-refractivity contribution in [3.63, 3.8) is 0 Å². The van der Waals surface area contributed by atoms with Crippen LogP contribution in [0.5, 0.6) is 0 Å². The molecule has 8 heteroatoms. The van der Waals surface area contributed by atoms with Gasteiger partial charge in [-0.1, -0.05) is 42.5 Å². The standard InChI is InChI=1S/C19H21FN6O/c1-13-23-24-25-26(13)18(11-14-7-9-16(20)10-8-14)19(27)22-12-17(21)15-5-3-2-4-6-15/h2-10,17-18H,11-12,21H2,1H3,(H,22,27). The van der Waals surface area contributed by atoms with Gasteiger partial charge in [-0.05, 0) is 40.6 Å². The van der Waals surface area contributed by atoms with Gasteiger partial charge < -0.3 is 11.1 Å². The number of carbonyl (C=O) groups excluding carboxylic acids is 1. The van der Waals surface area contributed by atoms with Gasteiger partial charge in [0.15, 0.2) is 0 Å². The molecule has 3 rings (SSSR count). The van der Waals surface area contributed by atoms with Crippen LogP contribution in [0.1, 0.15) is 29.0 Å². The summed E-state index contributed by atoms with van der Waals surface area (Å²) in [5.74, 6) is -0.0575. The molecular weight excluding hydrogens is 347 g/mol. The maximum atomic E-state index is 13.2. The summed E-state index contributed by atoms with van der Waals surface area (Å²) in [6, 6.07) is 14.6. The zero-order valence-corrected chi connectivity index (χ0v) is 14.9. The van der Waals surface area contributed by atoms with Crippen molar-refractivity contribution in [3.05, 3.63) is 77.4 Å². The number of nitrogens with two attached hydrogens (primary N) is 1. The molecule has 2 atom stereocenters. The van der Waals surface area contributed by atoms with Crippen LogP contribution in [0, 0.1) is 12.7 Å². The molecule has 0 saturated heterocycles. The van der Waals surface area contributed by atoms with Gasteiger partial charge in [-0.3, -0.25) is 4.79 Å². The fourth-order valence-electron chi connectivity index (χ4n) is 2.81. The fraction of sp³-hybridized carbons (Fsp3) is 0.263.